The van der Waals surface area contributed by atoms with Crippen LogP contribution >= 0.6 is 0 Å². The molecule has 3 nitrogen and oxygen atoms in total. The Morgan fingerprint density at radius 1 is 0.875 bits per heavy atom. The summed E-state index contributed by atoms with van der Waals surface area (Å²) in [6.45, 7) is 7.15. The zero-order valence-corrected chi connectivity index (χ0v) is 14.2. The van der Waals surface area contributed by atoms with E-state index in [-0.39, 0.29) is 0 Å². The van der Waals surface area contributed by atoms with Gasteiger partial charge >= 0.3 is 0 Å². The van der Waals surface area contributed by atoms with E-state index in [9.17, 15) is 0 Å². The first-order valence-corrected chi connectivity index (χ1v) is 9.07. The highest BCUT2D eigenvalue weighted by molar-refractivity contribution is 5.48. The summed E-state index contributed by atoms with van der Waals surface area (Å²) in [5.74, 6) is 0.674. The lowest BCUT2D eigenvalue weighted by atomic mass is 9.98. The molecular formula is C21H26N2O. The second-order valence-electron chi connectivity index (χ2n) is 6.90. The molecule has 0 bridgehead atoms. The Bertz CT molecular complexity index is 635. The average molecular weight is 322 g/mol. The summed E-state index contributed by atoms with van der Waals surface area (Å²) < 4.78 is 5.44. The maximum Gasteiger partial charge on any atom is 0.0642 e. The molecule has 2 fully saturated rings. The van der Waals surface area contributed by atoms with Crippen LogP contribution < -0.4 is 4.90 Å². The fourth-order valence-electron chi connectivity index (χ4n) is 3.87. The van der Waals surface area contributed by atoms with E-state index in [0.29, 0.717) is 5.92 Å². The molecule has 3 heteroatoms. The zero-order chi connectivity index (χ0) is 16.2. The molecule has 0 aromatic heterocycles. The van der Waals surface area contributed by atoms with E-state index in [1.54, 1.807) is 0 Å². The summed E-state index contributed by atoms with van der Waals surface area (Å²) >= 11 is 0. The van der Waals surface area contributed by atoms with Crippen LogP contribution in [-0.4, -0.2) is 44.3 Å². The normalized spacial score (nSPS) is 22.0. The number of rotatable bonds is 4. The molecule has 2 aliphatic heterocycles. The third kappa shape index (κ3) is 3.63. The van der Waals surface area contributed by atoms with Crippen LogP contribution in [0.5, 0.6) is 0 Å². The van der Waals surface area contributed by atoms with Crippen molar-refractivity contribution in [1.82, 2.24) is 4.90 Å². The van der Waals surface area contributed by atoms with Gasteiger partial charge in [0.15, 0.2) is 0 Å². The minimum Gasteiger partial charge on any atom is -0.378 e. The highest BCUT2D eigenvalue weighted by Gasteiger charge is 2.24. The molecule has 0 aliphatic carbocycles. The molecule has 4 rings (SSSR count). The van der Waals surface area contributed by atoms with Crippen molar-refractivity contribution >= 4 is 5.69 Å². The fraction of sp³-hybridized carbons (Fsp3) is 0.429. The first-order chi connectivity index (χ1) is 11.9. The third-order valence-corrected chi connectivity index (χ3v) is 5.26. The van der Waals surface area contributed by atoms with E-state index in [4.69, 9.17) is 4.74 Å². The predicted molar refractivity (Wildman–Crippen MR) is 98.6 cm³/mol. The predicted octanol–water partition coefficient (Wildman–Crippen LogP) is 3.51. The number of morpholine rings is 1. The Morgan fingerprint density at radius 2 is 1.62 bits per heavy atom. The molecule has 2 heterocycles. The molecule has 2 aromatic carbocycles. The minimum absolute atomic E-state index is 0.674. The molecule has 0 N–H and O–H groups in total. The van der Waals surface area contributed by atoms with Gasteiger partial charge in [0.05, 0.1) is 13.2 Å². The lowest BCUT2D eigenvalue weighted by Gasteiger charge is -2.29. The SMILES string of the molecule is c1ccc(CN2CCC(c3ccc(N4CCOCC4)cc3)C2)cc1. The standard InChI is InChI=1S/C21H26N2O/c1-2-4-18(5-3-1)16-22-11-10-20(17-22)19-6-8-21(9-7-19)23-12-14-24-15-13-23/h1-9,20H,10-17H2. The van der Waals surface area contributed by atoms with Gasteiger partial charge in [-0.3, -0.25) is 4.90 Å². The topological polar surface area (TPSA) is 15.7 Å². The van der Waals surface area contributed by atoms with Crippen molar-refractivity contribution in [3.05, 3.63) is 65.7 Å². The van der Waals surface area contributed by atoms with E-state index in [0.717, 1.165) is 32.8 Å². The number of benzene rings is 2. The Hall–Kier alpha value is -1.84. The summed E-state index contributed by atoms with van der Waals surface area (Å²) in [6.07, 6.45) is 1.27. The molecule has 1 unspecified atom stereocenters. The number of ether oxygens (including phenoxy) is 1. The van der Waals surface area contributed by atoms with Gasteiger partial charge in [-0.1, -0.05) is 42.5 Å². The lowest BCUT2D eigenvalue weighted by molar-refractivity contribution is 0.122. The van der Waals surface area contributed by atoms with Gasteiger partial charge in [0, 0.05) is 31.9 Å². The number of hydrogen-bond acceptors (Lipinski definition) is 3. The maximum atomic E-state index is 5.44. The van der Waals surface area contributed by atoms with Crippen molar-refractivity contribution in [1.29, 1.82) is 0 Å². The molecule has 0 amide bonds. The number of hydrogen-bond donors (Lipinski definition) is 0. The van der Waals surface area contributed by atoms with Crippen molar-refractivity contribution in [3.8, 4) is 0 Å². The van der Waals surface area contributed by atoms with Crippen molar-refractivity contribution in [2.45, 2.75) is 18.9 Å². The molecule has 24 heavy (non-hydrogen) atoms. The highest BCUT2D eigenvalue weighted by Crippen LogP contribution is 2.29. The van der Waals surface area contributed by atoms with E-state index in [1.807, 2.05) is 0 Å². The minimum atomic E-state index is 0.674. The van der Waals surface area contributed by atoms with Gasteiger partial charge in [0.2, 0.25) is 0 Å². The largest absolute Gasteiger partial charge is 0.378 e. The Morgan fingerprint density at radius 3 is 2.38 bits per heavy atom. The van der Waals surface area contributed by atoms with Gasteiger partial charge < -0.3 is 9.64 Å². The van der Waals surface area contributed by atoms with Gasteiger partial charge in [-0.25, -0.2) is 0 Å². The number of likely N-dealkylation sites (tertiary alicyclic amines) is 1. The Kier molecular flexibility index (Phi) is 4.81. The molecule has 0 saturated carbocycles. The van der Waals surface area contributed by atoms with E-state index in [2.05, 4.69) is 64.4 Å². The van der Waals surface area contributed by atoms with Crippen LogP contribution in [0.4, 0.5) is 5.69 Å². The molecule has 2 saturated heterocycles. The van der Waals surface area contributed by atoms with Crippen molar-refractivity contribution in [2.24, 2.45) is 0 Å². The molecule has 2 aromatic rings. The van der Waals surface area contributed by atoms with Crippen LogP contribution in [0.3, 0.4) is 0 Å². The number of anilines is 1. The van der Waals surface area contributed by atoms with Crippen molar-refractivity contribution < 1.29 is 4.74 Å². The highest BCUT2D eigenvalue weighted by atomic mass is 16.5. The summed E-state index contributed by atoms with van der Waals surface area (Å²) in [7, 11) is 0. The summed E-state index contributed by atoms with van der Waals surface area (Å²) in [6, 6.07) is 20.1. The monoisotopic (exact) mass is 322 g/mol. The first-order valence-electron chi connectivity index (χ1n) is 9.07. The molecule has 126 valence electrons. The van der Waals surface area contributed by atoms with Crippen LogP contribution in [-0.2, 0) is 11.3 Å². The van der Waals surface area contributed by atoms with Gasteiger partial charge in [0.1, 0.15) is 0 Å². The van der Waals surface area contributed by atoms with E-state index < -0.39 is 0 Å². The van der Waals surface area contributed by atoms with Gasteiger partial charge in [-0.2, -0.15) is 0 Å². The van der Waals surface area contributed by atoms with Crippen LogP contribution in [0, 0.1) is 0 Å². The zero-order valence-electron chi connectivity index (χ0n) is 14.2. The van der Waals surface area contributed by atoms with Crippen LogP contribution in [0.25, 0.3) is 0 Å². The summed E-state index contributed by atoms with van der Waals surface area (Å²) in [5.41, 5.74) is 4.24. The Labute approximate surface area is 144 Å². The lowest BCUT2D eigenvalue weighted by Crippen LogP contribution is -2.36. The van der Waals surface area contributed by atoms with Crippen molar-refractivity contribution in [3.63, 3.8) is 0 Å². The van der Waals surface area contributed by atoms with Gasteiger partial charge in [-0.15, -0.1) is 0 Å². The maximum absolute atomic E-state index is 5.44. The number of nitrogens with zero attached hydrogens (tertiary/aromatic N) is 2. The Balaban J connectivity index is 1.36. The van der Waals surface area contributed by atoms with E-state index in [1.165, 1.54) is 36.3 Å². The van der Waals surface area contributed by atoms with E-state index >= 15 is 0 Å². The molecule has 0 radical (unpaired) electrons. The van der Waals surface area contributed by atoms with Crippen LogP contribution in [0.1, 0.15) is 23.5 Å². The van der Waals surface area contributed by atoms with Gasteiger partial charge in [0.25, 0.3) is 0 Å². The molecule has 0 spiro atoms. The van der Waals surface area contributed by atoms with Gasteiger partial charge in [-0.05, 0) is 42.1 Å². The smallest absolute Gasteiger partial charge is 0.0642 e. The fourth-order valence-corrected chi connectivity index (χ4v) is 3.87. The van der Waals surface area contributed by atoms with Crippen LogP contribution in [0.15, 0.2) is 54.6 Å². The third-order valence-electron chi connectivity index (χ3n) is 5.26. The van der Waals surface area contributed by atoms with Crippen LogP contribution in [0.2, 0.25) is 0 Å². The second-order valence-corrected chi connectivity index (χ2v) is 6.90. The quantitative estimate of drug-likeness (QED) is 0.857. The van der Waals surface area contributed by atoms with Crippen molar-refractivity contribution in [2.75, 3.05) is 44.3 Å². The molecular weight excluding hydrogens is 296 g/mol. The molecule has 1 atom stereocenters. The summed E-state index contributed by atoms with van der Waals surface area (Å²) in [5, 5.41) is 0. The first kappa shape index (κ1) is 15.7. The average Bonchev–Trinajstić information content (AvgIpc) is 3.12. The molecule has 2 aliphatic rings. The second kappa shape index (κ2) is 7.37. The summed E-state index contributed by atoms with van der Waals surface area (Å²) in [4.78, 5) is 5.00.